The number of hydrogen-bond donors (Lipinski definition) is 2. The van der Waals surface area contributed by atoms with Crippen molar-refractivity contribution in [3.05, 3.63) is 87.4 Å². The van der Waals surface area contributed by atoms with E-state index in [1.54, 1.807) is 12.1 Å². The summed E-state index contributed by atoms with van der Waals surface area (Å²) < 4.78 is 5.50. The number of fused-ring (bicyclic) bond motifs is 3. The lowest BCUT2D eigenvalue weighted by Gasteiger charge is -2.16. The van der Waals surface area contributed by atoms with E-state index in [-0.39, 0.29) is 34.9 Å². The number of aliphatic hydroxyl groups excluding tert-OH is 1. The van der Waals surface area contributed by atoms with Gasteiger partial charge in [-0.25, -0.2) is 4.79 Å². The molecule has 1 aliphatic carbocycles. The number of carbonyl (C=O) groups is 1. The molecule has 6 heteroatoms. The maximum Gasteiger partial charge on any atom is 0.411 e. The van der Waals surface area contributed by atoms with E-state index < -0.39 is 6.09 Å². The Hall–Kier alpha value is -2.53. The molecule has 142 valence electrons. The zero-order valence-electron chi connectivity index (χ0n) is 14.8. The van der Waals surface area contributed by atoms with Crippen LogP contribution < -0.4 is 5.32 Å². The van der Waals surface area contributed by atoms with Gasteiger partial charge in [0, 0.05) is 11.5 Å². The Kier molecular flexibility index (Phi) is 5.27. The van der Waals surface area contributed by atoms with Crippen LogP contribution in [-0.2, 0) is 11.3 Å². The van der Waals surface area contributed by atoms with Crippen LogP contribution in [0, 0.1) is 0 Å². The van der Waals surface area contributed by atoms with E-state index in [0.717, 1.165) is 22.3 Å². The fourth-order valence-electron chi connectivity index (χ4n) is 3.59. The number of nitrogens with one attached hydrogen (secondary N) is 1. The Labute approximate surface area is 172 Å². The largest absolute Gasteiger partial charge is 0.448 e. The summed E-state index contributed by atoms with van der Waals surface area (Å²) in [5, 5.41) is 12.5. The molecule has 28 heavy (non-hydrogen) atoms. The first-order chi connectivity index (χ1) is 13.6. The van der Waals surface area contributed by atoms with Gasteiger partial charge in [0.1, 0.15) is 6.61 Å². The number of ether oxygens (including phenoxy) is 1. The SMILES string of the molecule is O=C(Nc1c(CO)ccc(Cl)c1Cl)OCC1c2ccccc2-c2ccccc21. The normalized spacial score (nSPS) is 12.4. The number of hydrogen-bond acceptors (Lipinski definition) is 3. The molecule has 0 spiro atoms. The molecule has 0 saturated carbocycles. The van der Waals surface area contributed by atoms with Gasteiger partial charge < -0.3 is 9.84 Å². The summed E-state index contributed by atoms with van der Waals surface area (Å²) in [6, 6.07) is 19.4. The van der Waals surface area contributed by atoms with E-state index in [1.807, 2.05) is 24.3 Å². The van der Waals surface area contributed by atoms with Crippen LogP contribution in [0.1, 0.15) is 22.6 Å². The minimum absolute atomic E-state index is 0.0368. The van der Waals surface area contributed by atoms with E-state index in [9.17, 15) is 9.90 Å². The van der Waals surface area contributed by atoms with Gasteiger partial charge in [-0.15, -0.1) is 0 Å². The van der Waals surface area contributed by atoms with Crippen LogP contribution in [0.25, 0.3) is 11.1 Å². The highest BCUT2D eigenvalue weighted by atomic mass is 35.5. The van der Waals surface area contributed by atoms with Crippen molar-refractivity contribution in [2.45, 2.75) is 12.5 Å². The van der Waals surface area contributed by atoms with Crippen molar-refractivity contribution in [1.82, 2.24) is 0 Å². The van der Waals surface area contributed by atoms with Gasteiger partial charge in [-0.05, 0) is 28.3 Å². The molecular weight excluding hydrogens is 397 g/mol. The van der Waals surface area contributed by atoms with Crippen LogP contribution in [-0.4, -0.2) is 17.8 Å². The lowest BCUT2D eigenvalue weighted by molar-refractivity contribution is 0.158. The number of amides is 1. The van der Waals surface area contributed by atoms with E-state index in [1.165, 1.54) is 0 Å². The van der Waals surface area contributed by atoms with E-state index in [4.69, 9.17) is 27.9 Å². The summed E-state index contributed by atoms with van der Waals surface area (Å²) in [4.78, 5) is 12.4. The van der Waals surface area contributed by atoms with Crippen molar-refractivity contribution in [3.63, 3.8) is 0 Å². The Morgan fingerprint density at radius 2 is 1.57 bits per heavy atom. The highest BCUT2D eigenvalue weighted by molar-refractivity contribution is 6.44. The maximum atomic E-state index is 12.4. The summed E-state index contributed by atoms with van der Waals surface area (Å²) in [5.41, 5.74) is 5.30. The van der Waals surface area contributed by atoms with Gasteiger partial charge in [-0.2, -0.15) is 0 Å². The number of carbonyl (C=O) groups excluding carboxylic acids is 1. The Balaban J connectivity index is 1.53. The molecule has 1 amide bonds. The lowest BCUT2D eigenvalue weighted by atomic mass is 9.98. The average molecular weight is 414 g/mol. The number of aliphatic hydroxyl groups is 1. The molecule has 4 rings (SSSR count). The van der Waals surface area contributed by atoms with Gasteiger partial charge in [-0.1, -0.05) is 77.8 Å². The van der Waals surface area contributed by atoms with Crippen molar-refractivity contribution in [2.24, 2.45) is 0 Å². The third-order valence-electron chi connectivity index (χ3n) is 4.92. The first-order valence-electron chi connectivity index (χ1n) is 8.80. The second-order valence-corrected chi connectivity index (χ2v) is 7.29. The molecule has 2 N–H and O–H groups in total. The van der Waals surface area contributed by atoms with E-state index in [2.05, 4.69) is 29.6 Å². The van der Waals surface area contributed by atoms with E-state index in [0.29, 0.717) is 5.56 Å². The summed E-state index contributed by atoms with van der Waals surface area (Å²) in [7, 11) is 0. The number of halogens is 2. The molecule has 1 aliphatic rings. The van der Waals surface area contributed by atoms with Crippen LogP contribution in [0.3, 0.4) is 0 Å². The quantitative estimate of drug-likeness (QED) is 0.563. The van der Waals surface area contributed by atoms with Crippen LogP contribution in [0.2, 0.25) is 10.0 Å². The molecule has 0 bridgehead atoms. The van der Waals surface area contributed by atoms with Gasteiger partial charge in [0.05, 0.1) is 22.3 Å². The molecular formula is C22H17Cl2NO3. The highest BCUT2D eigenvalue weighted by Crippen LogP contribution is 2.44. The van der Waals surface area contributed by atoms with Gasteiger partial charge in [0.15, 0.2) is 0 Å². The van der Waals surface area contributed by atoms with Gasteiger partial charge in [0.2, 0.25) is 0 Å². The summed E-state index contributed by atoms with van der Waals surface area (Å²) in [6.45, 7) is -0.0949. The zero-order valence-corrected chi connectivity index (χ0v) is 16.3. The van der Waals surface area contributed by atoms with Crippen LogP contribution in [0.4, 0.5) is 10.5 Å². The molecule has 0 fully saturated rings. The zero-order chi connectivity index (χ0) is 19.7. The van der Waals surface area contributed by atoms with Crippen molar-refractivity contribution >= 4 is 35.0 Å². The fraction of sp³-hybridized carbons (Fsp3) is 0.136. The molecule has 3 aromatic carbocycles. The Morgan fingerprint density at radius 1 is 0.964 bits per heavy atom. The molecule has 3 aromatic rings. The molecule has 0 saturated heterocycles. The molecule has 0 aromatic heterocycles. The van der Waals surface area contributed by atoms with Crippen LogP contribution in [0.5, 0.6) is 0 Å². The molecule has 4 nitrogen and oxygen atoms in total. The third kappa shape index (κ3) is 3.35. The third-order valence-corrected chi connectivity index (χ3v) is 5.73. The summed E-state index contributed by atoms with van der Waals surface area (Å²) in [5.74, 6) is -0.0368. The summed E-state index contributed by atoms with van der Waals surface area (Å²) >= 11 is 12.2. The number of benzene rings is 3. The van der Waals surface area contributed by atoms with Crippen molar-refractivity contribution in [3.8, 4) is 11.1 Å². The van der Waals surface area contributed by atoms with Crippen molar-refractivity contribution in [1.29, 1.82) is 0 Å². The maximum absolute atomic E-state index is 12.4. The molecule has 0 aliphatic heterocycles. The van der Waals surface area contributed by atoms with Crippen molar-refractivity contribution < 1.29 is 14.6 Å². The minimum atomic E-state index is -0.652. The second kappa shape index (κ2) is 7.84. The van der Waals surface area contributed by atoms with Gasteiger partial charge >= 0.3 is 6.09 Å². The minimum Gasteiger partial charge on any atom is -0.448 e. The Morgan fingerprint density at radius 3 is 2.18 bits per heavy atom. The monoisotopic (exact) mass is 413 g/mol. The van der Waals surface area contributed by atoms with Crippen molar-refractivity contribution in [2.75, 3.05) is 11.9 Å². The van der Waals surface area contributed by atoms with Crippen LogP contribution >= 0.6 is 23.2 Å². The molecule has 0 atom stereocenters. The predicted molar refractivity (Wildman–Crippen MR) is 111 cm³/mol. The van der Waals surface area contributed by atoms with Gasteiger partial charge in [-0.3, -0.25) is 5.32 Å². The smallest absolute Gasteiger partial charge is 0.411 e. The molecule has 0 heterocycles. The molecule has 0 unspecified atom stereocenters. The lowest BCUT2D eigenvalue weighted by Crippen LogP contribution is -2.19. The van der Waals surface area contributed by atoms with Gasteiger partial charge in [0.25, 0.3) is 0 Å². The average Bonchev–Trinajstić information content (AvgIpc) is 3.04. The second-order valence-electron chi connectivity index (χ2n) is 6.50. The number of rotatable bonds is 4. The van der Waals surface area contributed by atoms with Crippen LogP contribution in [0.15, 0.2) is 60.7 Å². The number of anilines is 1. The standard InChI is InChI=1S/C22H17Cl2NO3/c23-19-10-9-13(11-26)21(20(19)24)25-22(27)28-12-18-16-7-3-1-5-14(16)15-6-2-4-8-17(15)18/h1-10,18,26H,11-12H2,(H,25,27). The summed E-state index contributed by atoms with van der Waals surface area (Å²) in [6.07, 6.45) is -0.652. The highest BCUT2D eigenvalue weighted by Gasteiger charge is 2.29. The van der Waals surface area contributed by atoms with E-state index >= 15 is 0 Å². The first-order valence-corrected chi connectivity index (χ1v) is 9.55. The topological polar surface area (TPSA) is 58.6 Å². The Bertz CT molecular complexity index is 1010. The molecule has 0 radical (unpaired) electrons. The first kappa shape index (κ1) is 18.8. The fourth-order valence-corrected chi connectivity index (χ4v) is 3.98. The predicted octanol–water partition coefficient (Wildman–Crippen LogP) is 5.85.